The average molecular weight is 663 g/mol. The number of benzene rings is 1. The number of nitrogens with zero attached hydrogens (tertiary/aromatic N) is 6. The molecule has 4 atom stereocenters. The van der Waals surface area contributed by atoms with Gasteiger partial charge < -0.3 is 24.2 Å². The molecule has 6 aliphatic rings. The fourth-order valence-corrected chi connectivity index (χ4v) is 9.95. The number of piperazine rings is 1. The molecule has 248 valence electrons. The van der Waals surface area contributed by atoms with Crippen LogP contribution < -0.4 is 19.3 Å². The number of halogens is 2. The van der Waals surface area contributed by atoms with Gasteiger partial charge in [-0.15, -0.1) is 11.8 Å². The molecule has 0 aliphatic carbocycles. The summed E-state index contributed by atoms with van der Waals surface area (Å²) in [5, 5.41) is 9.66. The van der Waals surface area contributed by atoms with Crippen LogP contribution in [0.15, 0.2) is 35.5 Å². The van der Waals surface area contributed by atoms with Gasteiger partial charge in [-0.05, 0) is 56.0 Å². The molecule has 0 saturated carbocycles. The van der Waals surface area contributed by atoms with Crippen molar-refractivity contribution in [2.24, 2.45) is 0 Å². The number of aryl methyl sites for hydroxylation is 1. The Kier molecular flexibility index (Phi) is 7.95. The molecule has 0 N–H and O–H groups in total. The molecule has 1 aromatic heterocycles. The van der Waals surface area contributed by atoms with E-state index in [9.17, 15) is 18.8 Å². The predicted molar refractivity (Wildman–Crippen MR) is 176 cm³/mol. The smallest absolute Gasteiger partial charge is 0.282 e. The highest BCUT2D eigenvalue weighted by Gasteiger charge is 2.50. The summed E-state index contributed by atoms with van der Waals surface area (Å²) in [6.07, 6.45) is 4.59. The first kappa shape index (κ1) is 30.8. The van der Waals surface area contributed by atoms with Gasteiger partial charge in [-0.3, -0.25) is 9.69 Å². The minimum atomic E-state index is -1.03. The first-order chi connectivity index (χ1) is 22.8. The fourth-order valence-electron chi connectivity index (χ4n) is 8.76. The molecule has 6 aliphatic heterocycles. The second-order valence-electron chi connectivity index (χ2n) is 13.8. The molecule has 9 nitrogen and oxygen atoms in total. The highest BCUT2D eigenvalue weighted by Crippen LogP contribution is 2.49. The van der Waals surface area contributed by atoms with Crippen LogP contribution in [0.2, 0.25) is 0 Å². The summed E-state index contributed by atoms with van der Waals surface area (Å²) < 4.78 is 41.8. The lowest BCUT2D eigenvalue weighted by Gasteiger charge is -2.50. The number of carbonyl (C=O) groups excluding carboxylic acids is 1. The highest BCUT2D eigenvalue weighted by molar-refractivity contribution is 7.99. The standard InChI is InChI=1S/C35H40F2N6O3S/c1-22(36)34(44)43-18-26-20-45-31-30(42(26)17-25(43)8-11-38)27-9-13-40(29-7-2-5-23-6-3-14-47-32(23)29)19-28(27)39-33(31)46-21-35-10-4-12-41(35)16-24(37)15-35/h2,5,7,24-26H,1,3-4,6,8-10,12-21H2/t24-,25+,26?,35?/m1/s1. The molecule has 1 amide bonds. The lowest BCUT2D eigenvalue weighted by atomic mass is 9.94. The molecule has 3 fully saturated rings. The van der Waals surface area contributed by atoms with E-state index in [0.29, 0.717) is 44.3 Å². The number of anilines is 2. The van der Waals surface area contributed by atoms with E-state index in [1.807, 2.05) is 11.8 Å². The second-order valence-corrected chi connectivity index (χ2v) is 14.9. The third-order valence-corrected chi connectivity index (χ3v) is 12.2. The Morgan fingerprint density at radius 2 is 2.13 bits per heavy atom. The largest absolute Gasteiger partial charge is 0.484 e. The molecule has 0 bridgehead atoms. The van der Waals surface area contributed by atoms with Crippen LogP contribution in [0.5, 0.6) is 11.6 Å². The van der Waals surface area contributed by atoms with Crippen molar-refractivity contribution >= 4 is 29.0 Å². The van der Waals surface area contributed by atoms with Crippen molar-refractivity contribution in [3.05, 3.63) is 47.4 Å². The Hall–Kier alpha value is -3.56. The summed E-state index contributed by atoms with van der Waals surface area (Å²) >= 11 is 1.93. The molecular weight excluding hydrogens is 622 g/mol. The molecule has 3 saturated heterocycles. The molecule has 47 heavy (non-hydrogen) atoms. The van der Waals surface area contributed by atoms with E-state index in [0.717, 1.165) is 61.5 Å². The molecule has 0 spiro atoms. The Morgan fingerprint density at radius 1 is 1.23 bits per heavy atom. The normalized spacial score (nSPS) is 27.9. The van der Waals surface area contributed by atoms with Gasteiger partial charge in [0.05, 0.1) is 53.7 Å². The molecule has 0 radical (unpaired) electrons. The van der Waals surface area contributed by atoms with Crippen LogP contribution in [0.4, 0.5) is 20.2 Å². The number of amides is 1. The highest BCUT2D eigenvalue weighted by atomic mass is 32.2. The summed E-state index contributed by atoms with van der Waals surface area (Å²) in [4.78, 5) is 27.6. The molecule has 2 aromatic rings. The summed E-state index contributed by atoms with van der Waals surface area (Å²) in [7, 11) is 0. The van der Waals surface area contributed by atoms with Gasteiger partial charge in [0.2, 0.25) is 5.75 Å². The summed E-state index contributed by atoms with van der Waals surface area (Å²) in [5.74, 6) is 0.296. The third kappa shape index (κ3) is 5.30. The number of fused-ring (bicyclic) bond motifs is 7. The van der Waals surface area contributed by atoms with Crippen LogP contribution in [0.3, 0.4) is 0 Å². The number of hydrogen-bond acceptors (Lipinski definition) is 9. The van der Waals surface area contributed by atoms with Gasteiger partial charge in [0.1, 0.15) is 19.4 Å². The Morgan fingerprint density at radius 3 is 2.98 bits per heavy atom. The maximum atomic E-state index is 14.6. The lowest BCUT2D eigenvalue weighted by molar-refractivity contribution is -0.132. The zero-order valence-electron chi connectivity index (χ0n) is 26.6. The van der Waals surface area contributed by atoms with Gasteiger partial charge in [0.15, 0.2) is 5.83 Å². The fraction of sp³-hybridized carbons (Fsp3) is 0.571. The van der Waals surface area contributed by atoms with E-state index in [4.69, 9.17) is 14.5 Å². The summed E-state index contributed by atoms with van der Waals surface area (Å²) in [5.41, 5.74) is 5.19. The van der Waals surface area contributed by atoms with E-state index < -0.39 is 23.9 Å². The van der Waals surface area contributed by atoms with Crippen LogP contribution in [0.25, 0.3) is 0 Å². The Balaban J connectivity index is 1.17. The number of hydrogen-bond donors (Lipinski definition) is 0. The van der Waals surface area contributed by atoms with E-state index in [2.05, 4.69) is 45.5 Å². The Bertz CT molecular complexity index is 1650. The molecule has 12 heteroatoms. The van der Waals surface area contributed by atoms with Gasteiger partial charge in [0.25, 0.3) is 11.8 Å². The number of ether oxygens (including phenoxy) is 2. The predicted octanol–water partition coefficient (Wildman–Crippen LogP) is 4.81. The van der Waals surface area contributed by atoms with Crippen molar-refractivity contribution in [2.75, 3.05) is 61.5 Å². The monoisotopic (exact) mass is 662 g/mol. The van der Waals surface area contributed by atoms with Crippen LogP contribution in [0.1, 0.15) is 48.9 Å². The minimum absolute atomic E-state index is 0.0718. The zero-order chi connectivity index (χ0) is 32.3. The van der Waals surface area contributed by atoms with Crippen molar-refractivity contribution in [3.63, 3.8) is 0 Å². The van der Waals surface area contributed by atoms with Gasteiger partial charge in [-0.25, -0.2) is 13.8 Å². The van der Waals surface area contributed by atoms with Crippen LogP contribution in [0, 0.1) is 11.3 Å². The quantitative estimate of drug-likeness (QED) is 0.405. The maximum absolute atomic E-state index is 14.6. The van der Waals surface area contributed by atoms with Gasteiger partial charge >= 0.3 is 0 Å². The summed E-state index contributed by atoms with van der Waals surface area (Å²) in [6.45, 7) is 7.13. The first-order valence-corrected chi connectivity index (χ1v) is 17.8. The van der Waals surface area contributed by atoms with Crippen molar-refractivity contribution in [1.29, 1.82) is 5.26 Å². The lowest BCUT2D eigenvalue weighted by Crippen LogP contribution is -2.63. The number of aromatic nitrogens is 1. The summed E-state index contributed by atoms with van der Waals surface area (Å²) in [6, 6.07) is 8.05. The molecule has 8 rings (SSSR count). The van der Waals surface area contributed by atoms with E-state index in [1.54, 1.807) is 0 Å². The number of nitriles is 1. The third-order valence-electron chi connectivity index (χ3n) is 11.0. The van der Waals surface area contributed by atoms with Gasteiger partial charge in [-0.2, -0.15) is 5.26 Å². The van der Waals surface area contributed by atoms with E-state index in [1.165, 1.54) is 27.5 Å². The van der Waals surface area contributed by atoms with Crippen LogP contribution in [-0.2, 0) is 24.2 Å². The SMILES string of the molecule is C=C(F)C(=O)N1CC2COc3c(OCC45CCCN4C[C@H](F)C5)nc4c(c3N2C[C@@H]1CC#N)CCN(c1cccc2c1SCCC2)C4. The van der Waals surface area contributed by atoms with Gasteiger partial charge in [-0.1, -0.05) is 18.7 Å². The van der Waals surface area contributed by atoms with Crippen LogP contribution >= 0.6 is 11.8 Å². The number of pyridine rings is 1. The van der Waals surface area contributed by atoms with E-state index >= 15 is 0 Å². The van der Waals surface area contributed by atoms with Crippen molar-refractivity contribution < 1.29 is 23.0 Å². The van der Waals surface area contributed by atoms with Crippen molar-refractivity contribution in [2.45, 2.75) is 80.2 Å². The van der Waals surface area contributed by atoms with E-state index in [-0.39, 0.29) is 31.2 Å². The number of thioether (sulfide) groups is 1. The second kappa shape index (κ2) is 12.2. The number of rotatable bonds is 6. The average Bonchev–Trinajstić information content (AvgIpc) is 3.61. The minimum Gasteiger partial charge on any atom is -0.484 e. The topological polar surface area (TPSA) is 85.2 Å². The first-order valence-electron chi connectivity index (χ1n) is 16.8. The van der Waals surface area contributed by atoms with Crippen molar-refractivity contribution in [3.8, 4) is 17.7 Å². The van der Waals surface area contributed by atoms with Crippen LogP contribution in [-0.4, -0.2) is 96.2 Å². The zero-order valence-corrected chi connectivity index (χ0v) is 27.4. The number of alkyl halides is 1. The van der Waals surface area contributed by atoms with Gasteiger partial charge in [0, 0.05) is 43.1 Å². The maximum Gasteiger partial charge on any atom is 0.282 e. The number of carbonyl (C=O) groups is 1. The molecular formula is C35H40F2N6O3S. The molecule has 2 unspecified atom stereocenters. The Labute approximate surface area is 278 Å². The van der Waals surface area contributed by atoms with Crippen molar-refractivity contribution in [1.82, 2.24) is 14.8 Å². The molecule has 1 aromatic carbocycles. The molecule has 7 heterocycles.